The van der Waals surface area contributed by atoms with Crippen molar-refractivity contribution in [3.63, 3.8) is 0 Å². The highest BCUT2D eigenvalue weighted by Gasteiger charge is 2.02. The van der Waals surface area contributed by atoms with E-state index in [4.69, 9.17) is 4.74 Å². The summed E-state index contributed by atoms with van der Waals surface area (Å²) in [5, 5.41) is 5.22. The minimum absolute atomic E-state index is 0.0517. The highest BCUT2D eigenvalue weighted by molar-refractivity contribution is 5.79. The Morgan fingerprint density at radius 3 is 2.43 bits per heavy atom. The maximum atomic E-state index is 11.0. The molecule has 5 heteroatoms. The summed E-state index contributed by atoms with van der Waals surface area (Å²) >= 11 is 0. The molecule has 0 unspecified atom stereocenters. The Morgan fingerprint density at radius 2 is 1.86 bits per heavy atom. The Labute approximate surface area is 84.2 Å². The third-order valence-corrected chi connectivity index (χ3v) is 1.49. The zero-order valence-electron chi connectivity index (χ0n) is 8.76. The molecule has 14 heavy (non-hydrogen) atoms. The SMILES string of the molecule is CCNC(=O)CCNC(=O)COCC. The Kier molecular flexibility index (Phi) is 7.83. The van der Waals surface area contributed by atoms with E-state index < -0.39 is 0 Å². The van der Waals surface area contributed by atoms with Crippen LogP contribution in [0.5, 0.6) is 0 Å². The number of nitrogens with one attached hydrogen (secondary N) is 2. The monoisotopic (exact) mass is 202 g/mol. The summed E-state index contributed by atoms with van der Waals surface area (Å²) in [6.07, 6.45) is 0.311. The van der Waals surface area contributed by atoms with Gasteiger partial charge in [-0.05, 0) is 13.8 Å². The van der Waals surface area contributed by atoms with Crippen LogP contribution < -0.4 is 10.6 Å². The second-order valence-electron chi connectivity index (χ2n) is 2.69. The average molecular weight is 202 g/mol. The lowest BCUT2D eigenvalue weighted by Gasteiger charge is -2.04. The lowest BCUT2D eigenvalue weighted by molar-refractivity contribution is -0.125. The summed E-state index contributed by atoms with van der Waals surface area (Å²) < 4.78 is 4.89. The number of amides is 2. The predicted molar refractivity (Wildman–Crippen MR) is 52.8 cm³/mol. The Hall–Kier alpha value is -1.10. The summed E-state index contributed by atoms with van der Waals surface area (Å²) in [5.74, 6) is -0.236. The fourth-order valence-electron chi connectivity index (χ4n) is 0.847. The van der Waals surface area contributed by atoms with E-state index >= 15 is 0 Å². The summed E-state index contributed by atoms with van der Waals surface area (Å²) in [6.45, 7) is 5.23. The van der Waals surface area contributed by atoms with E-state index in [-0.39, 0.29) is 18.4 Å². The van der Waals surface area contributed by atoms with Gasteiger partial charge in [-0.3, -0.25) is 9.59 Å². The van der Waals surface area contributed by atoms with E-state index in [2.05, 4.69) is 10.6 Å². The smallest absolute Gasteiger partial charge is 0.246 e. The maximum absolute atomic E-state index is 11.0. The predicted octanol–water partition coefficient (Wildman–Crippen LogP) is -0.335. The van der Waals surface area contributed by atoms with Gasteiger partial charge in [0.15, 0.2) is 0 Å². The summed E-state index contributed by atoms with van der Waals surface area (Å²) in [6, 6.07) is 0. The average Bonchev–Trinajstić information content (AvgIpc) is 2.15. The molecule has 0 aliphatic heterocycles. The van der Waals surface area contributed by atoms with Gasteiger partial charge in [-0.25, -0.2) is 0 Å². The molecule has 0 atom stereocenters. The molecule has 0 heterocycles. The molecule has 82 valence electrons. The molecule has 2 amide bonds. The molecule has 0 radical (unpaired) electrons. The van der Waals surface area contributed by atoms with Crippen molar-refractivity contribution in [3.05, 3.63) is 0 Å². The fraction of sp³-hybridized carbons (Fsp3) is 0.778. The van der Waals surface area contributed by atoms with Crippen LogP contribution in [0.1, 0.15) is 20.3 Å². The molecule has 0 aromatic carbocycles. The van der Waals surface area contributed by atoms with Crippen molar-refractivity contribution >= 4 is 11.8 Å². The summed E-state index contributed by atoms with van der Waals surface area (Å²) in [7, 11) is 0. The molecule has 0 aliphatic rings. The maximum Gasteiger partial charge on any atom is 0.246 e. The van der Waals surface area contributed by atoms with Crippen LogP contribution in [0.3, 0.4) is 0 Å². The Balaban J connectivity index is 3.34. The van der Waals surface area contributed by atoms with Crippen LogP contribution in [0.2, 0.25) is 0 Å². The van der Waals surface area contributed by atoms with Gasteiger partial charge >= 0.3 is 0 Å². The second kappa shape index (κ2) is 8.50. The van der Waals surface area contributed by atoms with Crippen LogP contribution >= 0.6 is 0 Å². The van der Waals surface area contributed by atoms with Crippen molar-refractivity contribution < 1.29 is 14.3 Å². The first-order valence-corrected chi connectivity index (χ1v) is 4.81. The molecule has 2 N–H and O–H groups in total. The van der Waals surface area contributed by atoms with Gasteiger partial charge < -0.3 is 15.4 Å². The van der Waals surface area contributed by atoms with Crippen LogP contribution in [0.15, 0.2) is 0 Å². The molecule has 0 spiro atoms. The van der Waals surface area contributed by atoms with Gasteiger partial charge in [-0.15, -0.1) is 0 Å². The van der Waals surface area contributed by atoms with Crippen LogP contribution in [-0.4, -0.2) is 38.1 Å². The summed E-state index contributed by atoms with van der Waals surface area (Å²) in [4.78, 5) is 21.9. The molecule has 0 bridgehead atoms. The van der Waals surface area contributed by atoms with Crippen molar-refractivity contribution in [2.75, 3.05) is 26.3 Å². The van der Waals surface area contributed by atoms with E-state index in [1.54, 1.807) is 0 Å². The quantitative estimate of drug-likeness (QED) is 0.594. The first-order chi connectivity index (χ1) is 6.70. The molecule has 5 nitrogen and oxygen atoms in total. The molecule has 0 fully saturated rings. The second-order valence-corrected chi connectivity index (χ2v) is 2.69. The van der Waals surface area contributed by atoms with Crippen LogP contribution in [-0.2, 0) is 14.3 Å². The van der Waals surface area contributed by atoms with E-state index in [1.165, 1.54) is 0 Å². The van der Waals surface area contributed by atoms with Crippen molar-refractivity contribution in [2.24, 2.45) is 0 Å². The zero-order chi connectivity index (χ0) is 10.8. The number of rotatable bonds is 7. The van der Waals surface area contributed by atoms with Crippen molar-refractivity contribution in [3.8, 4) is 0 Å². The largest absolute Gasteiger partial charge is 0.372 e. The number of hydrogen-bond acceptors (Lipinski definition) is 3. The molecule has 0 aromatic heterocycles. The molecule has 0 aromatic rings. The topological polar surface area (TPSA) is 67.4 Å². The third-order valence-electron chi connectivity index (χ3n) is 1.49. The first-order valence-electron chi connectivity index (χ1n) is 4.81. The van der Waals surface area contributed by atoms with Gasteiger partial charge in [0.05, 0.1) is 0 Å². The number of hydrogen-bond donors (Lipinski definition) is 2. The summed E-state index contributed by atoms with van der Waals surface area (Å²) in [5.41, 5.74) is 0. The molecular formula is C9H18N2O3. The van der Waals surface area contributed by atoms with Gasteiger partial charge in [0.2, 0.25) is 11.8 Å². The fourth-order valence-corrected chi connectivity index (χ4v) is 0.847. The third kappa shape index (κ3) is 7.54. The van der Waals surface area contributed by atoms with Gasteiger partial charge in [0.25, 0.3) is 0 Å². The lowest BCUT2D eigenvalue weighted by Crippen LogP contribution is -2.32. The highest BCUT2D eigenvalue weighted by atomic mass is 16.5. The lowest BCUT2D eigenvalue weighted by atomic mass is 10.4. The van der Waals surface area contributed by atoms with Gasteiger partial charge in [-0.1, -0.05) is 0 Å². The van der Waals surface area contributed by atoms with Crippen molar-refractivity contribution in [1.82, 2.24) is 10.6 Å². The van der Waals surface area contributed by atoms with E-state index in [1.807, 2.05) is 13.8 Å². The number of carbonyl (C=O) groups is 2. The first kappa shape index (κ1) is 12.9. The van der Waals surface area contributed by atoms with Crippen molar-refractivity contribution in [1.29, 1.82) is 0 Å². The van der Waals surface area contributed by atoms with E-state index in [9.17, 15) is 9.59 Å². The molecule has 0 saturated carbocycles. The minimum atomic E-state index is -0.184. The van der Waals surface area contributed by atoms with Crippen LogP contribution in [0.4, 0.5) is 0 Å². The Morgan fingerprint density at radius 1 is 1.14 bits per heavy atom. The number of carbonyl (C=O) groups excluding carboxylic acids is 2. The van der Waals surface area contributed by atoms with Gasteiger partial charge in [0, 0.05) is 26.1 Å². The van der Waals surface area contributed by atoms with Crippen LogP contribution in [0, 0.1) is 0 Å². The normalized spacial score (nSPS) is 9.57. The zero-order valence-corrected chi connectivity index (χ0v) is 8.76. The molecule has 0 saturated heterocycles. The van der Waals surface area contributed by atoms with Gasteiger partial charge in [0.1, 0.15) is 6.61 Å². The van der Waals surface area contributed by atoms with E-state index in [0.29, 0.717) is 26.1 Å². The molecule has 0 rings (SSSR count). The highest BCUT2D eigenvalue weighted by Crippen LogP contribution is 1.78. The van der Waals surface area contributed by atoms with Crippen LogP contribution in [0.25, 0.3) is 0 Å². The molecule has 0 aliphatic carbocycles. The van der Waals surface area contributed by atoms with Gasteiger partial charge in [-0.2, -0.15) is 0 Å². The van der Waals surface area contributed by atoms with Crippen molar-refractivity contribution in [2.45, 2.75) is 20.3 Å². The number of ether oxygens (including phenoxy) is 1. The standard InChI is InChI=1S/C9H18N2O3/c1-3-10-8(12)5-6-11-9(13)7-14-4-2/h3-7H2,1-2H3,(H,10,12)(H,11,13). The molecular weight excluding hydrogens is 184 g/mol. The Bertz CT molecular complexity index is 183. The van der Waals surface area contributed by atoms with E-state index in [0.717, 1.165) is 0 Å². The minimum Gasteiger partial charge on any atom is -0.372 e.